The third-order valence-corrected chi connectivity index (χ3v) is 3.93. The summed E-state index contributed by atoms with van der Waals surface area (Å²) in [5, 5.41) is 3.55. The molecule has 0 aliphatic heterocycles. The number of rotatable bonds is 4. The zero-order valence-electron chi connectivity index (χ0n) is 11.4. The van der Waals surface area contributed by atoms with Crippen LogP contribution in [0.2, 0.25) is 0 Å². The first kappa shape index (κ1) is 13.7. The molecule has 0 radical (unpaired) electrons. The summed E-state index contributed by atoms with van der Waals surface area (Å²) in [5.74, 6) is -0.0122. The van der Waals surface area contributed by atoms with Crippen molar-refractivity contribution in [1.29, 1.82) is 0 Å². The van der Waals surface area contributed by atoms with Crippen LogP contribution in [0.3, 0.4) is 0 Å². The van der Waals surface area contributed by atoms with Gasteiger partial charge in [-0.15, -0.1) is 11.3 Å². The zero-order chi connectivity index (χ0) is 13.8. The molecule has 0 bridgehead atoms. The Balaban J connectivity index is 2.11. The SMILES string of the molecule is Cc1nc(NC(=O)C(C)C)sc1Cc1ccccc1. The number of thiazole rings is 1. The Morgan fingerprint density at radius 2 is 2.00 bits per heavy atom. The van der Waals surface area contributed by atoms with Crippen LogP contribution < -0.4 is 5.32 Å². The van der Waals surface area contributed by atoms with Gasteiger partial charge in [-0.25, -0.2) is 4.98 Å². The second-order valence-corrected chi connectivity index (χ2v) is 5.92. The largest absolute Gasteiger partial charge is 0.302 e. The molecular weight excluding hydrogens is 256 g/mol. The normalized spacial score (nSPS) is 10.7. The molecule has 0 saturated heterocycles. The fourth-order valence-electron chi connectivity index (χ4n) is 1.68. The maximum Gasteiger partial charge on any atom is 0.228 e. The van der Waals surface area contributed by atoms with E-state index in [-0.39, 0.29) is 11.8 Å². The average molecular weight is 274 g/mol. The molecule has 0 aliphatic carbocycles. The summed E-state index contributed by atoms with van der Waals surface area (Å²) in [5.41, 5.74) is 2.25. The first-order valence-electron chi connectivity index (χ1n) is 6.37. The maximum atomic E-state index is 11.6. The van der Waals surface area contributed by atoms with Gasteiger partial charge in [-0.05, 0) is 12.5 Å². The highest BCUT2D eigenvalue weighted by atomic mass is 32.1. The number of carbonyl (C=O) groups excluding carboxylic acids is 1. The number of carbonyl (C=O) groups is 1. The molecule has 0 aliphatic rings. The number of hydrogen-bond donors (Lipinski definition) is 1. The Hall–Kier alpha value is -1.68. The third kappa shape index (κ3) is 3.64. The lowest BCUT2D eigenvalue weighted by atomic mass is 10.1. The van der Waals surface area contributed by atoms with Crippen LogP contribution in [0.15, 0.2) is 30.3 Å². The van der Waals surface area contributed by atoms with Crippen molar-refractivity contribution in [1.82, 2.24) is 4.98 Å². The van der Waals surface area contributed by atoms with E-state index in [0.717, 1.165) is 12.1 Å². The van der Waals surface area contributed by atoms with E-state index in [4.69, 9.17) is 0 Å². The van der Waals surface area contributed by atoms with Crippen LogP contribution in [0.1, 0.15) is 30.0 Å². The predicted molar refractivity (Wildman–Crippen MR) is 79.6 cm³/mol. The summed E-state index contributed by atoms with van der Waals surface area (Å²) in [6.45, 7) is 5.74. The summed E-state index contributed by atoms with van der Waals surface area (Å²) >= 11 is 1.56. The standard InChI is InChI=1S/C15H18N2OS/c1-10(2)14(18)17-15-16-11(3)13(19-15)9-12-7-5-4-6-8-12/h4-8,10H,9H2,1-3H3,(H,16,17,18). The van der Waals surface area contributed by atoms with Gasteiger partial charge in [0, 0.05) is 17.2 Å². The van der Waals surface area contributed by atoms with E-state index in [9.17, 15) is 4.79 Å². The summed E-state index contributed by atoms with van der Waals surface area (Å²) in [7, 11) is 0. The van der Waals surface area contributed by atoms with E-state index in [0.29, 0.717) is 5.13 Å². The monoisotopic (exact) mass is 274 g/mol. The molecule has 2 rings (SSSR count). The molecule has 0 atom stereocenters. The summed E-state index contributed by atoms with van der Waals surface area (Å²) in [6, 6.07) is 10.3. The van der Waals surface area contributed by atoms with Gasteiger partial charge in [-0.1, -0.05) is 44.2 Å². The molecule has 0 spiro atoms. The molecule has 1 N–H and O–H groups in total. The van der Waals surface area contributed by atoms with E-state index in [1.807, 2.05) is 39.0 Å². The molecule has 100 valence electrons. The quantitative estimate of drug-likeness (QED) is 0.925. The van der Waals surface area contributed by atoms with Gasteiger partial charge in [-0.3, -0.25) is 4.79 Å². The highest BCUT2D eigenvalue weighted by Gasteiger charge is 2.12. The van der Waals surface area contributed by atoms with Crippen LogP contribution in [-0.2, 0) is 11.2 Å². The van der Waals surface area contributed by atoms with Crippen LogP contribution in [0.4, 0.5) is 5.13 Å². The second-order valence-electron chi connectivity index (χ2n) is 4.83. The molecule has 1 aromatic carbocycles. The fraction of sp³-hybridized carbons (Fsp3) is 0.333. The minimum Gasteiger partial charge on any atom is -0.302 e. The molecule has 19 heavy (non-hydrogen) atoms. The first-order valence-corrected chi connectivity index (χ1v) is 7.19. The van der Waals surface area contributed by atoms with Crippen molar-refractivity contribution in [3.05, 3.63) is 46.5 Å². The maximum absolute atomic E-state index is 11.6. The number of hydrogen-bond acceptors (Lipinski definition) is 3. The Bertz CT molecular complexity index is 561. The molecule has 0 fully saturated rings. The van der Waals surface area contributed by atoms with E-state index in [2.05, 4.69) is 22.4 Å². The highest BCUT2D eigenvalue weighted by Crippen LogP contribution is 2.25. The number of nitrogens with one attached hydrogen (secondary N) is 1. The number of aryl methyl sites for hydroxylation is 1. The van der Waals surface area contributed by atoms with E-state index < -0.39 is 0 Å². The summed E-state index contributed by atoms with van der Waals surface area (Å²) in [4.78, 5) is 17.3. The average Bonchev–Trinajstić information content (AvgIpc) is 2.71. The third-order valence-electron chi connectivity index (χ3n) is 2.85. The lowest BCUT2D eigenvalue weighted by molar-refractivity contribution is -0.118. The van der Waals surface area contributed by atoms with E-state index >= 15 is 0 Å². The van der Waals surface area contributed by atoms with Gasteiger partial charge >= 0.3 is 0 Å². The summed E-state index contributed by atoms with van der Waals surface area (Å²) in [6.07, 6.45) is 0.863. The molecule has 3 nitrogen and oxygen atoms in total. The van der Waals surface area contributed by atoms with Gasteiger partial charge in [0.25, 0.3) is 0 Å². The molecule has 0 saturated carbocycles. The molecule has 1 heterocycles. The number of aromatic nitrogens is 1. The smallest absolute Gasteiger partial charge is 0.228 e. The van der Waals surface area contributed by atoms with E-state index in [1.54, 1.807) is 11.3 Å². The first-order chi connectivity index (χ1) is 9.06. The van der Waals surface area contributed by atoms with Crippen molar-refractivity contribution in [2.75, 3.05) is 5.32 Å². The van der Waals surface area contributed by atoms with Crippen molar-refractivity contribution in [3.8, 4) is 0 Å². The van der Waals surface area contributed by atoms with Crippen molar-refractivity contribution in [2.24, 2.45) is 5.92 Å². The topological polar surface area (TPSA) is 42.0 Å². The van der Waals surface area contributed by atoms with Crippen LogP contribution in [-0.4, -0.2) is 10.9 Å². The number of amides is 1. The van der Waals surface area contributed by atoms with Gasteiger partial charge in [0.15, 0.2) is 5.13 Å². The van der Waals surface area contributed by atoms with Crippen LogP contribution in [0.25, 0.3) is 0 Å². The van der Waals surface area contributed by atoms with Gasteiger partial charge < -0.3 is 5.32 Å². The van der Waals surface area contributed by atoms with Crippen LogP contribution in [0, 0.1) is 12.8 Å². The number of benzene rings is 1. The Labute approximate surface area is 117 Å². The fourth-order valence-corrected chi connectivity index (χ4v) is 2.68. The van der Waals surface area contributed by atoms with Crippen LogP contribution >= 0.6 is 11.3 Å². The minimum atomic E-state index is -0.0261. The van der Waals surface area contributed by atoms with Crippen molar-refractivity contribution in [3.63, 3.8) is 0 Å². The highest BCUT2D eigenvalue weighted by molar-refractivity contribution is 7.15. The minimum absolute atomic E-state index is 0.0139. The van der Waals surface area contributed by atoms with E-state index in [1.165, 1.54) is 10.4 Å². The van der Waals surface area contributed by atoms with Crippen molar-refractivity contribution in [2.45, 2.75) is 27.2 Å². The molecule has 0 unspecified atom stereocenters. The van der Waals surface area contributed by atoms with Gasteiger partial charge in [0.1, 0.15) is 0 Å². The molecule has 1 aromatic heterocycles. The zero-order valence-corrected chi connectivity index (χ0v) is 12.3. The molecule has 1 amide bonds. The Morgan fingerprint density at radius 3 is 2.63 bits per heavy atom. The Kier molecular flexibility index (Phi) is 4.32. The van der Waals surface area contributed by atoms with Crippen molar-refractivity contribution < 1.29 is 4.79 Å². The lowest BCUT2D eigenvalue weighted by Crippen LogP contribution is -2.17. The predicted octanol–water partition coefficient (Wildman–Crippen LogP) is 3.64. The van der Waals surface area contributed by atoms with Gasteiger partial charge in [0.05, 0.1) is 5.69 Å². The molecular formula is C15H18N2OS. The molecule has 2 aromatic rings. The van der Waals surface area contributed by atoms with Gasteiger partial charge in [0.2, 0.25) is 5.91 Å². The number of nitrogens with zero attached hydrogens (tertiary/aromatic N) is 1. The Morgan fingerprint density at radius 1 is 1.32 bits per heavy atom. The van der Waals surface area contributed by atoms with Gasteiger partial charge in [-0.2, -0.15) is 0 Å². The number of anilines is 1. The lowest BCUT2D eigenvalue weighted by Gasteiger charge is -2.03. The molecule has 4 heteroatoms. The summed E-state index contributed by atoms with van der Waals surface area (Å²) < 4.78 is 0. The van der Waals surface area contributed by atoms with Crippen LogP contribution in [0.5, 0.6) is 0 Å². The van der Waals surface area contributed by atoms with Crippen molar-refractivity contribution >= 4 is 22.4 Å². The second kappa shape index (κ2) is 5.97.